The van der Waals surface area contributed by atoms with Crippen LogP contribution in [0.5, 0.6) is 0 Å². The van der Waals surface area contributed by atoms with Gasteiger partial charge in [0, 0.05) is 5.92 Å². The van der Waals surface area contributed by atoms with E-state index in [4.69, 9.17) is 10.7 Å². The van der Waals surface area contributed by atoms with Gasteiger partial charge in [-0.05, 0) is 59.4 Å². The molecule has 0 saturated heterocycles. The molecule has 2 fully saturated rings. The fourth-order valence-corrected chi connectivity index (χ4v) is 4.12. The van der Waals surface area contributed by atoms with Crippen LogP contribution in [0.1, 0.15) is 57.0 Å². The van der Waals surface area contributed by atoms with Gasteiger partial charge in [-0.1, -0.05) is 20.3 Å². The lowest BCUT2D eigenvalue weighted by atomic mass is 9.88. The lowest BCUT2D eigenvalue weighted by Crippen LogP contribution is -2.15. The number of hydrogen-bond acceptors (Lipinski definition) is 3. The summed E-state index contributed by atoms with van der Waals surface area (Å²) in [5.41, 5.74) is 7.15. The van der Waals surface area contributed by atoms with Crippen molar-refractivity contribution in [1.29, 1.82) is 0 Å². The maximum Gasteiger partial charge on any atom is 0.141 e. The van der Waals surface area contributed by atoms with E-state index in [9.17, 15) is 0 Å². The molecule has 3 rings (SSSR count). The van der Waals surface area contributed by atoms with Gasteiger partial charge in [0.1, 0.15) is 11.6 Å². The molecule has 2 aliphatic rings. The van der Waals surface area contributed by atoms with Crippen LogP contribution in [0.2, 0.25) is 0 Å². The Balaban J connectivity index is 1.91. The molecule has 2 N–H and O–H groups in total. The Morgan fingerprint density at radius 1 is 1.26 bits per heavy atom. The molecular formula is C15H22BrN3. The zero-order valence-corrected chi connectivity index (χ0v) is 13.3. The molecule has 3 nitrogen and oxygen atoms in total. The number of anilines is 1. The van der Waals surface area contributed by atoms with Crippen molar-refractivity contribution in [3.63, 3.8) is 0 Å². The molecule has 0 radical (unpaired) electrons. The molecule has 3 atom stereocenters. The van der Waals surface area contributed by atoms with Crippen molar-refractivity contribution in [2.24, 2.45) is 17.8 Å². The van der Waals surface area contributed by atoms with Crippen LogP contribution in [-0.4, -0.2) is 9.97 Å². The number of hydrogen-bond donors (Lipinski definition) is 1. The van der Waals surface area contributed by atoms with E-state index in [0.29, 0.717) is 17.7 Å². The van der Waals surface area contributed by atoms with Crippen molar-refractivity contribution in [1.82, 2.24) is 9.97 Å². The second-order valence-corrected chi connectivity index (χ2v) is 7.40. The van der Waals surface area contributed by atoms with E-state index in [1.165, 1.54) is 25.7 Å². The minimum Gasteiger partial charge on any atom is -0.383 e. The van der Waals surface area contributed by atoms with E-state index >= 15 is 0 Å². The quantitative estimate of drug-likeness (QED) is 0.917. The first-order valence-electron chi connectivity index (χ1n) is 7.36. The Labute approximate surface area is 123 Å². The third kappa shape index (κ3) is 2.51. The highest BCUT2D eigenvalue weighted by Crippen LogP contribution is 2.52. The van der Waals surface area contributed by atoms with Gasteiger partial charge in [-0.2, -0.15) is 0 Å². The molecule has 2 saturated carbocycles. The van der Waals surface area contributed by atoms with Crippen LogP contribution >= 0.6 is 15.9 Å². The Morgan fingerprint density at radius 2 is 2.05 bits per heavy atom. The van der Waals surface area contributed by atoms with Gasteiger partial charge in [0.05, 0.1) is 10.2 Å². The second kappa shape index (κ2) is 5.04. The first-order valence-corrected chi connectivity index (χ1v) is 8.15. The van der Waals surface area contributed by atoms with Crippen LogP contribution in [0.15, 0.2) is 4.47 Å². The molecule has 19 heavy (non-hydrogen) atoms. The third-order valence-corrected chi connectivity index (χ3v) is 5.50. The molecule has 1 aromatic rings. The lowest BCUT2D eigenvalue weighted by molar-refractivity contribution is 0.404. The number of nitrogens with zero attached hydrogens (tertiary/aromatic N) is 2. The summed E-state index contributed by atoms with van der Waals surface area (Å²) in [7, 11) is 0. The molecule has 2 aliphatic carbocycles. The van der Waals surface area contributed by atoms with Gasteiger partial charge in [-0.3, -0.25) is 0 Å². The average Bonchev–Trinajstić information content (AvgIpc) is 2.96. The maximum absolute atomic E-state index is 6.06. The predicted molar refractivity (Wildman–Crippen MR) is 80.9 cm³/mol. The summed E-state index contributed by atoms with van der Waals surface area (Å²) in [6.45, 7) is 4.42. The molecule has 3 unspecified atom stereocenters. The van der Waals surface area contributed by atoms with Crippen LogP contribution in [0.4, 0.5) is 5.82 Å². The van der Waals surface area contributed by atoms with Gasteiger partial charge in [0.2, 0.25) is 0 Å². The number of halogens is 1. The molecular weight excluding hydrogens is 302 g/mol. The maximum atomic E-state index is 6.06. The highest BCUT2D eigenvalue weighted by Gasteiger charge is 2.41. The monoisotopic (exact) mass is 323 g/mol. The average molecular weight is 324 g/mol. The van der Waals surface area contributed by atoms with E-state index in [1.54, 1.807) is 0 Å². The van der Waals surface area contributed by atoms with Crippen molar-refractivity contribution in [2.75, 3.05) is 5.73 Å². The molecule has 0 aromatic carbocycles. The van der Waals surface area contributed by atoms with E-state index in [1.807, 2.05) is 0 Å². The second-order valence-electron chi connectivity index (χ2n) is 6.61. The number of aromatic nitrogens is 2. The standard InChI is InChI=1S/C15H22BrN3/c1-8(2)5-12-13(16)14(17)19-15(18-12)11-7-9-3-4-10(11)6-9/h8-11H,3-7H2,1-2H3,(H2,17,18,19). The Morgan fingerprint density at radius 3 is 2.63 bits per heavy atom. The smallest absolute Gasteiger partial charge is 0.141 e. The van der Waals surface area contributed by atoms with Gasteiger partial charge in [0.25, 0.3) is 0 Å². The summed E-state index contributed by atoms with van der Waals surface area (Å²) < 4.78 is 0.896. The SMILES string of the molecule is CC(C)Cc1nc(C2CC3CCC2C3)nc(N)c1Br. The minimum absolute atomic E-state index is 0.556. The molecule has 2 bridgehead atoms. The van der Waals surface area contributed by atoms with E-state index < -0.39 is 0 Å². The number of rotatable bonds is 3. The molecule has 0 spiro atoms. The molecule has 1 heterocycles. The lowest BCUT2D eigenvalue weighted by Gasteiger charge is -2.21. The fraction of sp³-hybridized carbons (Fsp3) is 0.733. The number of nitrogens with two attached hydrogens (primary N) is 1. The normalized spacial score (nSPS) is 29.4. The van der Waals surface area contributed by atoms with Crippen LogP contribution in [-0.2, 0) is 6.42 Å². The van der Waals surface area contributed by atoms with Crippen LogP contribution in [0, 0.1) is 17.8 Å². The minimum atomic E-state index is 0.556. The first-order chi connectivity index (χ1) is 9.04. The summed E-state index contributed by atoms with van der Waals surface area (Å²) in [5, 5.41) is 0. The molecule has 104 valence electrons. The van der Waals surface area contributed by atoms with Crippen molar-refractivity contribution in [3.05, 3.63) is 16.0 Å². The van der Waals surface area contributed by atoms with Gasteiger partial charge in [0.15, 0.2) is 0 Å². The number of nitrogen functional groups attached to an aromatic ring is 1. The summed E-state index contributed by atoms with van der Waals surface area (Å²) in [4.78, 5) is 9.40. The third-order valence-electron chi connectivity index (χ3n) is 4.63. The van der Waals surface area contributed by atoms with Crippen LogP contribution in [0.3, 0.4) is 0 Å². The Kier molecular flexibility index (Phi) is 3.54. The van der Waals surface area contributed by atoms with E-state index in [2.05, 4.69) is 34.8 Å². The highest BCUT2D eigenvalue weighted by molar-refractivity contribution is 9.10. The van der Waals surface area contributed by atoms with Crippen molar-refractivity contribution in [3.8, 4) is 0 Å². The van der Waals surface area contributed by atoms with Gasteiger partial charge in [-0.25, -0.2) is 9.97 Å². The topological polar surface area (TPSA) is 51.8 Å². The molecule has 0 aliphatic heterocycles. The fourth-order valence-electron chi connectivity index (χ4n) is 3.78. The summed E-state index contributed by atoms with van der Waals surface area (Å²) in [5.74, 6) is 4.47. The van der Waals surface area contributed by atoms with Crippen LogP contribution < -0.4 is 5.73 Å². The first kappa shape index (κ1) is 13.3. The van der Waals surface area contributed by atoms with Crippen LogP contribution in [0.25, 0.3) is 0 Å². The highest BCUT2D eigenvalue weighted by atomic mass is 79.9. The summed E-state index contributed by atoms with van der Waals surface area (Å²) >= 11 is 3.54. The van der Waals surface area contributed by atoms with Crippen molar-refractivity contribution in [2.45, 2.75) is 51.9 Å². The van der Waals surface area contributed by atoms with Crippen molar-refractivity contribution < 1.29 is 0 Å². The molecule has 0 amide bonds. The zero-order valence-electron chi connectivity index (χ0n) is 11.7. The van der Waals surface area contributed by atoms with Gasteiger partial charge in [-0.15, -0.1) is 0 Å². The number of fused-ring (bicyclic) bond motifs is 2. The van der Waals surface area contributed by atoms with Crippen molar-refractivity contribution >= 4 is 21.7 Å². The summed E-state index contributed by atoms with van der Waals surface area (Å²) in [6, 6.07) is 0. The van der Waals surface area contributed by atoms with Gasteiger partial charge >= 0.3 is 0 Å². The Bertz CT molecular complexity index is 487. The van der Waals surface area contributed by atoms with E-state index in [0.717, 1.165) is 34.2 Å². The zero-order chi connectivity index (χ0) is 13.6. The van der Waals surface area contributed by atoms with Gasteiger partial charge < -0.3 is 5.73 Å². The van der Waals surface area contributed by atoms with E-state index in [-0.39, 0.29) is 0 Å². The largest absolute Gasteiger partial charge is 0.383 e. The summed E-state index contributed by atoms with van der Waals surface area (Å²) in [6.07, 6.45) is 6.37. The molecule has 1 aromatic heterocycles. The Hall–Kier alpha value is -0.640. The molecule has 4 heteroatoms. The predicted octanol–water partition coefficient (Wildman–Crippen LogP) is 3.92.